The van der Waals surface area contributed by atoms with Gasteiger partial charge in [0.25, 0.3) is 0 Å². The first kappa shape index (κ1) is 14.2. The van der Waals surface area contributed by atoms with Gasteiger partial charge in [0.15, 0.2) is 0 Å². The molecular formula is C16H27N. The number of unbranched alkanes of at least 4 members (excludes halogenated alkanes) is 1. The highest BCUT2D eigenvalue weighted by molar-refractivity contribution is 5.21. The summed E-state index contributed by atoms with van der Waals surface area (Å²) in [7, 11) is 0. The van der Waals surface area contributed by atoms with E-state index in [1.54, 1.807) is 0 Å². The molecule has 0 amide bonds. The molecule has 1 aromatic rings. The minimum Gasteiger partial charge on any atom is -0.317 e. The Morgan fingerprint density at radius 1 is 1.12 bits per heavy atom. The Bertz CT molecular complexity index is 281. The molecule has 0 saturated heterocycles. The van der Waals surface area contributed by atoms with Crippen molar-refractivity contribution in [1.29, 1.82) is 0 Å². The Hall–Kier alpha value is -0.820. The maximum Gasteiger partial charge on any atom is -0.00175 e. The highest BCUT2D eigenvalue weighted by Crippen LogP contribution is 2.15. The molecule has 0 spiro atoms. The van der Waals surface area contributed by atoms with E-state index in [9.17, 15) is 0 Å². The minimum atomic E-state index is 0.789. The summed E-state index contributed by atoms with van der Waals surface area (Å²) in [5.74, 6) is 0.789. The topological polar surface area (TPSA) is 12.0 Å². The molecule has 1 atom stereocenters. The minimum absolute atomic E-state index is 0.789. The number of benzene rings is 1. The van der Waals surface area contributed by atoms with Gasteiger partial charge in [-0.05, 0) is 44.3 Å². The number of aryl methyl sites for hydroxylation is 1. The summed E-state index contributed by atoms with van der Waals surface area (Å²) in [5, 5.41) is 3.49. The number of hydrogen-bond donors (Lipinski definition) is 1. The van der Waals surface area contributed by atoms with Crippen molar-refractivity contribution in [1.82, 2.24) is 5.32 Å². The van der Waals surface area contributed by atoms with E-state index >= 15 is 0 Å². The molecule has 0 fully saturated rings. The zero-order chi connectivity index (χ0) is 12.5. The zero-order valence-electron chi connectivity index (χ0n) is 11.6. The third-order valence-corrected chi connectivity index (χ3v) is 3.29. The molecule has 0 aliphatic carbocycles. The van der Waals surface area contributed by atoms with Gasteiger partial charge in [0.2, 0.25) is 0 Å². The van der Waals surface area contributed by atoms with Crippen molar-refractivity contribution in [3.63, 3.8) is 0 Å². The lowest BCUT2D eigenvalue weighted by Gasteiger charge is -2.17. The number of hydrogen-bond acceptors (Lipinski definition) is 1. The maximum atomic E-state index is 3.49. The summed E-state index contributed by atoms with van der Waals surface area (Å²) in [4.78, 5) is 0. The van der Waals surface area contributed by atoms with Crippen molar-refractivity contribution in [2.24, 2.45) is 5.92 Å². The Balaban J connectivity index is 2.48. The SMILES string of the molecule is CCCCC(CNCC)Cc1ccc(C)cc1. The van der Waals surface area contributed by atoms with E-state index in [1.807, 2.05) is 0 Å². The standard InChI is InChI=1S/C16H27N/c1-4-6-7-16(13-17-5-2)12-15-10-8-14(3)9-11-15/h8-11,16-17H,4-7,12-13H2,1-3H3. The second kappa shape index (κ2) is 8.30. The van der Waals surface area contributed by atoms with Crippen molar-refractivity contribution in [2.75, 3.05) is 13.1 Å². The maximum absolute atomic E-state index is 3.49. The molecule has 0 aliphatic rings. The van der Waals surface area contributed by atoms with Crippen LogP contribution in [0.4, 0.5) is 0 Å². The second-order valence-electron chi connectivity index (χ2n) is 5.01. The van der Waals surface area contributed by atoms with Gasteiger partial charge in [-0.2, -0.15) is 0 Å². The van der Waals surface area contributed by atoms with E-state index in [1.165, 1.54) is 36.8 Å². The molecule has 1 nitrogen and oxygen atoms in total. The van der Waals surface area contributed by atoms with E-state index in [4.69, 9.17) is 0 Å². The molecular weight excluding hydrogens is 206 g/mol. The lowest BCUT2D eigenvalue weighted by molar-refractivity contribution is 0.434. The van der Waals surface area contributed by atoms with Gasteiger partial charge in [0, 0.05) is 0 Å². The third-order valence-electron chi connectivity index (χ3n) is 3.29. The largest absolute Gasteiger partial charge is 0.317 e. The molecule has 0 bridgehead atoms. The van der Waals surface area contributed by atoms with Crippen LogP contribution in [0.5, 0.6) is 0 Å². The van der Waals surface area contributed by atoms with E-state index in [0.717, 1.165) is 19.0 Å². The molecule has 17 heavy (non-hydrogen) atoms. The van der Waals surface area contributed by atoms with Crippen molar-refractivity contribution in [3.05, 3.63) is 35.4 Å². The van der Waals surface area contributed by atoms with Gasteiger partial charge in [0.1, 0.15) is 0 Å². The zero-order valence-corrected chi connectivity index (χ0v) is 11.6. The first-order valence-corrected chi connectivity index (χ1v) is 7.02. The predicted octanol–water partition coefficient (Wildman–Crippen LogP) is 3.95. The van der Waals surface area contributed by atoms with Crippen LogP contribution in [-0.2, 0) is 6.42 Å². The Kier molecular flexibility index (Phi) is 6.95. The lowest BCUT2D eigenvalue weighted by Crippen LogP contribution is -2.24. The molecule has 1 N–H and O–H groups in total. The van der Waals surface area contributed by atoms with Gasteiger partial charge in [0.05, 0.1) is 0 Å². The highest BCUT2D eigenvalue weighted by atomic mass is 14.8. The van der Waals surface area contributed by atoms with Crippen LogP contribution in [0.2, 0.25) is 0 Å². The monoisotopic (exact) mass is 233 g/mol. The fourth-order valence-corrected chi connectivity index (χ4v) is 2.18. The Morgan fingerprint density at radius 2 is 1.82 bits per heavy atom. The first-order valence-electron chi connectivity index (χ1n) is 7.02. The van der Waals surface area contributed by atoms with E-state index in [2.05, 4.69) is 50.4 Å². The summed E-state index contributed by atoms with van der Waals surface area (Å²) >= 11 is 0. The summed E-state index contributed by atoms with van der Waals surface area (Å²) in [6.45, 7) is 8.84. The van der Waals surface area contributed by atoms with Gasteiger partial charge >= 0.3 is 0 Å². The average molecular weight is 233 g/mol. The van der Waals surface area contributed by atoms with Crippen LogP contribution in [0.25, 0.3) is 0 Å². The Labute approximate surface area is 107 Å². The summed E-state index contributed by atoms with van der Waals surface area (Å²) in [6.07, 6.45) is 5.21. The highest BCUT2D eigenvalue weighted by Gasteiger charge is 2.08. The smallest absolute Gasteiger partial charge is 0.00175 e. The van der Waals surface area contributed by atoms with Gasteiger partial charge in [-0.25, -0.2) is 0 Å². The van der Waals surface area contributed by atoms with Crippen molar-refractivity contribution in [3.8, 4) is 0 Å². The molecule has 0 aliphatic heterocycles. The van der Waals surface area contributed by atoms with Crippen LogP contribution >= 0.6 is 0 Å². The van der Waals surface area contributed by atoms with Crippen molar-refractivity contribution >= 4 is 0 Å². The van der Waals surface area contributed by atoms with Crippen LogP contribution in [0.15, 0.2) is 24.3 Å². The van der Waals surface area contributed by atoms with Gasteiger partial charge in [-0.15, -0.1) is 0 Å². The molecule has 0 saturated carbocycles. The van der Waals surface area contributed by atoms with E-state index in [-0.39, 0.29) is 0 Å². The molecule has 0 aromatic heterocycles. The normalized spacial score (nSPS) is 12.6. The van der Waals surface area contributed by atoms with Crippen LogP contribution in [0, 0.1) is 12.8 Å². The fraction of sp³-hybridized carbons (Fsp3) is 0.625. The summed E-state index contributed by atoms with van der Waals surface area (Å²) in [5.41, 5.74) is 2.83. The van der Waals surface area contributed by atoms with E-state index in [0.29, 0.717) is 0 Å². The van der Waals surface area contributed by atoms with Crippen molar-refractivity contribution < 1.29 is 0 Å². The average Bonchev–Trinajstić information content (AvgIpc) is 2.35. The molecule has 0 radical (unpaired) electrons. The second-order valence-corrected chi connectivity index (χ2v) is 5.01. The van der Waals surface area contributed by atoms with Crippen LogP contribution < -0.4 is 5.32 Å². The number of rotatable bonds is 8. The Morgan fingerprint density at radius 3 is 2.41 bits per heavy atom. The summed E-state index contributed by atoms with van der Waals surface area (Å²) < 4.78 is 0. The van der Waals surface area contributed by atoms with E-state index < -0.39 is 0 Å². The molecule has 1 unspecified atom stereocenters. The van der Waals surface area contributed by atoms with Crippen molar-refractivity contribution in [2.45, 2.75) is 46.5 Å². The molecule has 96 valence electrons. The molecule has 1 heteroatoms. The number of nitrogens with one attached hydrogen (secondary N) is 1. The van der Waals surface area contributed by atoms with Gasteiger partial charge in [-0.3, -0.25) is 0 Å². The van der Waals surface area contributed by atoms with Crippen LogP contribution in [-0.4, -0.2) is 13.1 Å². The first-order chi connectivity index (χ1) is 8.26. The third kappa shape index (κ3) is 5.88. The quantitative estimate of drug-likeness (QED) is 0.717. The molecule has 1 aromatic carbocycles. The van der Waals surface area contributed by atoms with Crippen LogP contribution in [0.3, 0.4) is 0 Å². The fourth-order valence-electron chi connectivity index (χ4n) is 2.18. The predicted molar refractivity (Wildman–Crippen MR) is 76.4 cm³/mol. The van der Waals surface area contributed by atoms with Crippen LogP contribution in [0.1, 0.15) is 44.2 Å². The molecule has 0 heterocycles. The van der Waals surface area contributed by atoms with Gasteiger partial charge in [-0.1, -0.05) is 56.5 Å². The van der Waals surface area contributed by atoms with Gasteiger partial charge < -0.3 is 5.32 Å². The molecule has 1 rings (SSSR count). The summed E-state index contributed by atoms with van der Waals surface area (Å²) in [6, 6.07) is 9.00. The lowest BCUT2D eigenvalue weighted by atomic mass is 9.93.